The van der Waals surface area contributed by atoms with Crippen molar-refractivity contribution in [3.63, 3.8) is 0 Å². The van der Waals surface area contributed by atoms with E-state index in [0.717, 1.165) is 16.8 Å². The molecule has 0 spiro atoms. The molecule has 0 aliphatic carbocycles. The van der Waals surface area contributed by atoms with E-state index >= 15 is 0 Å². The molecule has 1 heterocycles. The zero-order valence-corrected chi connectivity index (χ0v) is 15.2. The predicted molar refractivity (Wildman–Crippen MR) is 106 cm³/mol. The molecule has 6 heteroatoms. The summed E-state index contributed by atoms with van der Waals surface area (Å²) in [7, 11) is 0. The maximum Gasteiger partial charge on any atom is 0.269 e. The van der Waals surface area contributed by atoms with E-state index in [2.05, 4.69) is 70.1 Å². The number of allylic oxidation sites excluding steroid dienone is 1. The number of nitrogens with zero attached hydrogens (tertiary/aromatic N) is 5. The van der Waals surface area contributed by atoms with Crippen LogP contribution in [0.1, 0.15) is 37.8 Å². The number of tetrazole rings is 1. The fourth-order valence-corrected chi connectivity index (χ4v) is 2.41. The lowest BCUT2D eigenvalue weighted by Gasteiger charge is -2.05. The van der Waals surface area contributed by atoms with E-state index in [4.69, 9.17) is 0 Å². The summed E-state index contributed by atoms with van der Waals surface area (Å²) in [5.74, 6) is 0.993. The quantitative estimate of drug-likeness (QED) is 0.668. The van der Waals surface area contributed by atoms with Crippen molar-refractivity contribution in [3.05, 3.63) is 71.3 Å². The Hall–Kier alpha value is -3.28. The average molecular weight is 346 g/mol. The molecule has 0 aliphatic heterocycles. The Kier molecular flexibility index (Phi) is 5.53. The first-order chi connectivity index (χ1) is 12.6. The molecule has 0 radical (unpaired) electrons. The standard InChI is InChI=1S/C20H22N6/c1-15(2)18-11-9-17(10-12-18)13-16(3)14-21-26-20(23-24-25-26)22-19-7-5-4-6-8-19/h4-15H,1-3H3,(H,22,23,25). The Labute approximate surface area is 153 Å². The lowest BCUT2D eigenvalue weighted by Crippen LogP contribution is -2.01. The normalized spacial score (nSPS) is 12.1. The fraction of sp³-hybridized carbons (Fsp3) is 0.200. The van der Waals surface area contributed by atoms with Gasteiger partial charge in [-0.1, -0.05) is 72.3 Å². The average Bonchev–Trinajstić information content (AvgIpc) is 3.08. The maximum atomic E-state index is 4.33. The van der Waals surface area contributed by atoms with Crippen molar-refractivity contribution in [1.82, 2.24) is 20.3 Å². The fourth-order valence-electron chi connectivity index (χ4n) is 2.41. The predicted octanol–water partition coefficient (Wildman–Crippen LogP) is 4.48. The molecule has 1 aromatic heterocycles. The van der Waals surface area contributed by atoms with Crippen LogP contribution in [-0.4, -0.2) is 26.5 Å². The van der Waals surface area contributed by atoms with Gasteiger partial charge in [0.1, 0.15) is 0 Å². The van der Waals surface area contributed by atoms with Crippen LogP contribution in [0.5, 0.6) is 0 Å². The zero-order valence-electron chi connectivity index (χ0n) is 15.2. The molecule has 0 bridgehead atoms. The molecule has 0 amide bonds. The van der Waals surface area contributed by atoms with Gasteiger partial charge in [-0.3, -0.25) is 0 Å². The lowest BCUT2D eigenvalue weighted by atomic mass is 10.0. The summed E-state index contributed by atoms with van der Waals surface area (Å²) in [5, 5.41) is 19.0. The van der Waals surface area contributed by atoms with Crippen LogP contribution < -0.4 is 5.32 Å². The minimum absolute atomic E-state index is 0.460. The van der Waals surface area contributed by atoms with Crippen LogP contribution in [0.2, 0.25) is 0 Å². The Bertz CT molecular complexity index is 892. The molecule has 0 fully saturated rings. The lowest BCUT2D eigenvalue weighted by molar-refractivity contribution is 0.698. The summed E-state index contributed by atoms with van der Waals surface area (Å²) in [5.41, 5.74) is 4.37. The molecular weight excluding hydrogens is 324 g/mol. The molecule has 132 valence electrons. The first kappa shape index (κ1) is 17.5. The van der Waals surface area contributed by atoms with Crippen molar-refractivity contribution in [2.45, 2.75) is 26.7 Å². The molecule has 2 aromatic carbocycles. The van der Waals surface area contributed by atoms with Gasteiger partial charge < -0.3 is 5.32 Å². The summed E-state index contributed by atoms with van der Waals surface area (Å²) in [6.07, 6.45) is 3.81. The van der Waals surface area contributed by atoms with Crippen LogP contribution in [0, 0.1) is 0 Å². The van der Waals surface area contributed by atoms with Gasteiger partial charge in [-0.25, -0.2) is 0 Å². The minimum atomic E-state index is 0.460. The molecule has 0 unspecified atom stereocenters. The number of hydrogen-bond acceptors (Lipinski definition) is 5. The molecule has 0 saturated carbocycles. The number of rotatable bonds is 6. The van der Waals surface area contributed by atoms with Crippen LogP contribution in [-0.2, 0) is 0 Å². The van der Waals surface area contributed by atoms with Crippen molar-refractivity contribution < 1.29 is 0 Å². The molecule has 26 heavy (non-hydrogen) atoms. The number of nitrogens with one attached hydrogen (secondary N) is 1. The van der Waals surface area contributed by atoms with E-state index in [1.165, 1.54) is 10.4 Å². The SMILES string of the molecule is CC(C=Nn1nnnc1Nc1ccccc1)=Cc1ccc(C(C)C)cc1. The van der Waals surface area contributed by atoms with Crippen LogP contribution in [0.4, 0.5) is 11.6 Å². The van der Waals surface area contributed by atoms with E-state index in [1.54, 1.807) is 6.21 Å². The van der Waals surface area contributed by atoms with Gasteiger partial charge in [-0.15, -0.1) is 0 Å². The third-order valence-corrected chi connectivity index (χ3v) is 3.85. The van der Waals surface area contributed by atoms with Crippen molar-refractivity contribution >= 4 is 23.9 Å². The van der Waals surface area contributed by atoms with Crippen LogP contribution >= 0.6 is 0 Å². The van der Waals surface area contributed by atoms with Crippen molar-refractivity contribution in [1.29, 1.82) is 0 Å². The van der Waals surface area contributed by atoms with E-state index in [9.17, 15) is 0 Å². The Morgan fingerprint density at radius 2 is 1.81 bits per heavy atom. The third-order valence-electron chi connectivity index (χ3n) is 3.85. The minimum Gasteiger partial charge on any atom is -0.321 e. The first-order valence-electron chi connectivity index (χ1n) is 8.55. The summed E-state index contributed by atoms with van der Waals surface area (Å²) in [4.78, 5) is 1.37. The van der Waals surface area contributed by atoms with Crippen molar-refractivity contribution in [2.75, 3.05) is 5.32 Å². The van der Waals surface area contributed by atoms with Crippen LogP contribution in [0.25, 0.3) is 6.08 Å². The second kappa shape index (κ2) is 8.20. The highest BCUT2D eigenvalue weighted by molar-refractivity contribution is 5.84. The Morgan fingerprint density at radius 1 is 1.08 bits per heavy atom. The number of anilines is 2. The van der Waals surface area contributed by atoms with Gasteiger partial charge in [0.05, 0.1) is 6.21 Å². The molecule has 3 aromatic rings. The van der Waals surface area contributed by atoms with Crippen LogP contribution in [0.3, 0.4) is 0 Å². The number of benzene rings is 2. The van der Waals surface area contributed by atoms with Crippen molar-refractivity contribution in [3.8, 4) is 0 Å². The monoisotopic (exact) mass is 346 g/mol. The molecule has 6 nitrogen and oxygen atoms in total. The van der Waals surface area contributed by atoms with Gasteiger partial charge in [0.2, 0.25) is 0 Å². The summed E-state index contributed by atoms with van der Waals surface area (Å²) >= 11 is 0. The third kappa shape index (κ3) is 4.63. The highest BCUT2D eigenvalue weighted by Crippen LogP contribution is 2.16. The number of hydrogen-bond donors (Lipinski definition) is 1. The van der Waals surface area contributed by atoms with Gasteiger partial charge >= 0.3 is 0 Å². The summed E-state index contributed by atoms with van der Waals surface area (Å²) in [6.45, 7) is 6.38. The van der Waals surface area contributed by atoms with E-state index in [-0.39, 0.29) is 0 Å². The van der Waals surface area contributed by atoms with Gasteiger partial charge in [-0.2, -0.15) is 5.10 Å². The molecule has 0 aliphatic rings. The van der Waals surface area contributed by atoms with Crippen LogP contribution in [0.15, 0.2) is 65.3 Å². The van der Waals surface area contributed by atoms with Gasteiger partial charge in [0.15, 0.2) is 0 Å². The molecule has 3 rings (SSSR count). The topological polar surface area (TPSA) is 68.0 Å². The molecule has 1 N–H and O–H groups in total. The summed E-state index contributed by atoms with van der Waals surface area (Å²) in [6, 6.07) is 18.3. The van der Waals surface area contributed by atoms with E-state index < -0.39 is 0 Å². The molecule has 0 saturated heterocycles. The zero-order chi connectivity index (χ0) is 18.4. The first-order valence-corrected chi connectivity index (χ1v) is 8.55. The smallest absolute Gasteiger partial charge is 0.269 e. The number of aromatic nitrogens is 4. The number of para-hydroxylation sites is 1. The Balaban J connectivity index is 1.70. The highest BCUT2D eigenvalue weighted by atomic mass is 15.7. The second-order valence-corrected chi connectivity index (χ2v) is 6.34. The van der Waals surface area contributed by atoms with Gasteiger partial charge in [0, 0.05) is 5.69 Å². The van der Waals surface area contributed by atoms with E-state index in [0.29, 0.717) is 11.9 Å². The molecule has 0 atom stereocenters. The van der Waals surface area contributed by atoms with Gasteiger partial charge in [0.25, 0.3) is 5.95 Å². The molecular formula is C20H22N6. The van der Waals surface area contributed by atoms with Crippen molar-refractivity contribution in [2.24, 2.45) is 5.10 Å². The van der Waals surface area contributed by atoms with Gasteiger partial charge in [-0.05, 0) is 52.1 Å². The highest BCUT2D eigenvalue weighted by Gasteiger charge is 2.04. The Morgan fingerprint density at radius 3 is 2.50 bits per heavy atom. The van der Waals surface area contributed by atoms with E-state index in [1.807, 2.05) is 37.3 Å². The summed E-state index contributed by atoms with van der Waals surface area (Å²) < 4.78 is 0. The largest absolute Gasteiger partial charge is 0.321 e. The maximum absolute atomic E-state index is 4.33. The second-order valence-electron chi connectivity index (χ2n) is 6.34.